The normalized spacial score (nSPS) is 16.9. The molecule has 43 heavy (non-hydrogen) atoms. The van der Waals surface area contributed by atoms with E-state index in [9.17, 15) is 27.2 Å². The predicted octanol–water partition coefficient (Wildman–Crippen LogP) is 7.01. The lowest BCUT2D eigenvalue weighted by Gasteiger charge is -2.28. The molecule has 8 nitrogen and oxygen atoms in total. The second-order valence-corrected chi connectivity index (χ2v) is 11.2. The Morgan fingerprint density at radius 1 is 1.14 bits per heavy atom. The van der Waals surface area contributed by atoms with E-state index in [2.05, 4.69) is 27.5 Å². The molecule has 0 unspecified atom stereocenters. The van der Waals surface area contributed by atoms with Gasteiger partial charge in [-0.2, -0.15) is 0 Å². The molecule has 0 radical (unpaired) electrons. The van der Waals surface area contributed by atoms with Crippen LogP contribution >= 0.6 is 23.2 Å². The fourth-order valence-electron chi connectivity index (χ4n) is 4.84. The van der Waals surface area contributed by atoms with Gasteiger partial charge in [0.05, 0.1) is 32.3 Å². The third-order valence-corrected chi connectivity index (χ3v) is 8.04. The van der Waals surface area contributed by atoms with Crippen LogP contribution in [0.2, 0.25) is 10.0 Å². The van der Waals surface area contributed by atoms with E-state index in [0.717, 1.165) is 0 Å². The monoisotopic (exact) mass is 643 g/mol. The van der Waals surface area contributed by atoms with Crippen LogP contribution in [0.15, 0.2) is 36.4 Å². The lowest BCUT2D eigenvalue weighted by atomic mass is 9.86. The largest absolute Gasteiger partial charge is 0.487 e. The third kappa shape index (κ3) is 7.72. The molecule has 1 aromatic heterocycles. The van der Waals surface area contributed by atoms with Gasteiger partial charge in [-0.05, 0) is 50.3 Å². The second-order valence-electron chi connectivity index (χ2n) is 10.4. The minimum Gasteiger partial charge on any atom is -0.487 e. The first-order valence-corrected chi connectivity index (χ1v) is 14.3. The highest BCUT2D eigenvalue weighted by Crippen LogP contribution is 2.37. The fraction of sp³-hybridized carbons (Fsp3) is 0.414. The molecular formula is C29H31Cl2F4N5O3. The standard InChI is InChI=1S/C29H31Cl2F4N5O3/c1-14(2)27(41)36-12-16-6-9-19(30)25(24(16)31)39-29-38-20-10-18(22(43-13-23(32)33)11-21(20)40(29)3)28(42)37-17-7-4-15(5-8-17)26(34)35/h6,9-11,15,17,23,26H,1,4-5,7-8,12-13H2,2-3H3,(H,36,41)(H,37,42)(H,38,39)/t15-,17-. The van der Waals surface area contributed by atoms with Crippen molar-refractivity contribution in [1.29, 1.82) is 0 Å². The first-order valence-electron chi connectivity index (χ1n) is 13.5. The van der Waals surface area contributed by atoms with Crippen molar-refractivity contribution >= 4 is 57.7 Å². The smallest absolute Gasteiger partial charge is 0.272 e. The predicted molar refractivity (Wildman–Crippen MR) is 158 cm³/mol. The molecule has 4 rings (SSSR count). The lowest BCUT2D eigenvalue weighted by Crippen LogP contribution is -2.38. The van der Waals surface area contributed by atoms with Crippen LogP contribution in [0.3, 0.4) is 0 Å². The molecular weight excluding hydrogens is 613 g/mol. The summed E-state index contributed by atoms with van der Waals surface area (Å²) in [6.45, 7) is 4.36. The van der Waals surface area contributed by atoms with Gasteiger partial charge in [0.15, 0.2) is 0 Å². The number of imidazole rings is 1. The molecule has 1 aliphatic carbocycles. The topological polar surface area (TPSA) is 97.3 Å². The van der Waals surface area contributed by atoms with Crippen molar-refractivity contribution in [2.75, 3.05) is 11.9 Å². The number of anilines is 2. The maximum absolute atomic E-state index is 13.3. The van der Waals surface area contributed by atoms with Gasteiger partial charge >= 0.3 is 0 Å². The van der Waals surface area contributed by atoms with Crippen LogP contribution in [0.25, 0.3) is 11.0 Å². The van der Waals surface area contributed by atoms with Gasteiger partial charge in [-0.25, -0.2) is 22.5 Å². The molecule has 0 aliphatic heterocycles. The highest BCUT2D eigenvalue weighted by molar-refractivity contribution is 6.39. The molecule has 3 N–H and O–H groups in total. The number of carbonyl (C=O) groups is 2. The number of halogens is 6. The van der Waals surface area contributed by atoms with Crippen molar-refractivity contribution in [3.63, 3.8) is 0 Å². The fourth-order valence-corrected chi connectivity index (χ4v) is 5.38. The Kier molecular flexibility index (Phi) is 10.4. The van der Waals surface area contributed by atoms with E-state index in [4.69, 9.17) is 27.9 Å². The van der Waals surface area contributed by atoms with E-state index in [1.54, 1.807) is 30.7 Å². The molecule has 232 valence electrons. The molecule has 3 aromatic rings. The number of fused-ring (bicyclic) bond motifs is 1. The Balaban J connectivity index is 1.62. The van der Waals surface area contributed by atoms with Crippen molar-refractivity contribution in [3.8, 4) is 5.75 Å². The van der Waals surface area contributed by atoms with Crippen molar-refractivity contribution in [3.05, 3.63) is 57.6 Å². The lowest BCUT2D eigenvalue weighted by molar-refractivity contribution is -0.117. The van der Waals surface area contributed by atoms with Gasteiger partial charge in [-0.15, -0.1) is 0 Å². The molecule has 2 aromatic carbocycles. The number of benzene rings is 2. The number of aryl methyl sites for hydroxylation is 1. The zero-order chi connectivity index (χ0) is 31.4. The first-order chi connectivity index (χ1) is 20.3. The molecule has 0 bridgehead atoms. The molecule has 2 amide bonds. The van der Waals surface area contributed by atoms with Gasteiger partial charge in [0.2, 0.25) is 18.3 Å². The van der Waals surface area contributed by atoms with E-state index in [0.29, 0.717) is 40.7 Å². The van der Waals surface area contributed by atoms with Crippen LogP contribution in [0.5, 0.6) is 5.75 Å². The third-order valence-electron chi connectivity index (χ3n) is 7.29. The minimum absolute atomic E-state index is 0.0138. The first kappa shape index (κ1) is 32.4. The average Bonchev–Trinajstić information content (AvgIpc) is 3.26. The van der Waals surface area contributed by atoms with Crippen molar-refractivity contribution in [2.24, 2.45) is 13.0 Å². The Bertz CT molecular complexity index is 1520. The van der Waals surface area contributed by atoms with E-state index in [1.807, 2.05) is 0 Å². The Morgan fingerprint density at radius 2 is 1.84 bits per heavy atom. The van der Waals surface area contributed by atoms with Crippen LogP contribution in [-0.2, 0) is 18.4 Å². The van der Waals surface area contributed by atoms with Crippen LogP contribution in [0.1, 0.15) is 48.5 Å². The molecule has 1 aliphatic rings. The molecule has 1 heterocycles. The van der Waals surface area contributed by atoms with Crippen LogP contribution in [-0.4, -0.2) is 46.9 Å². The van der Waals surface area contributed by atoms with Crippen molar-refractivity contribution < 1.29 is 31.9 Å². The van der Waals surface area contributed by atoms with Gasteiger partial charge in [0, 0.05) is 37.2 Å². The minimum atomic E-state index is -2.78. The van der Waals surface area contributed by atoms with Crippen LogP contribution in [0.4, 0.5) is 29.2 Å². The molecule has 0 atom stereocenters. The molecule has 0 saturated heterocycles. The number of nitrogens with zero attached hydrogens (tertiary/aromatic N) is 2. The van der Waals surface area contributed by atoms with Gasteiger partial charge in [-0.3, -0.25) is 9.59 Å². The summed E-state index contributed by atoms with van der Waals surface area (Å²) in [4.78, 5) is 29.7. The van der Waals surface area contributed by atoms with Crippen LogP contribution in [0, 0.1) is 5.92 Å². The zero-order valence-electron chi connectivity index (χ0n) is 23.5. The SMILES string of the molecule is C=C(C)C(=O)NCc1ccc(Cl)c(Nc2nc3cc(C(=O)N[C@H]4CC[C@H](C(F)F)CC4)c(OCC(F)F)cc3n2C)c1Cl. The summed E-state index contributed by atoms with van der Waals surface area (Å²) >= 11 is 13.0. The summed E-state index contributed by atoms with van der Waals surface area (Å²) in [5.41, 5.74) is 2.02. The number of hydrogen-bond donors (Lipinski definition) is 3. The van der Waals surface area contributed by atoms with Gasteiger partial charge in [0.1, 0.15) is 12.4 Å². The van der Waals surface area contributed by atoms with Gasteiger partial charge < -0.3 is 25.3 Å². The quantitative estimate of drug-likeness (QED) is 0.154. The van der Waals surface area contributed by atoms with Gasteiger partial charge in [0.25, 0.3) is 12.3 Å². The number of aromatic nitrogens is 2. The highest BCUT2D eigenvalue weighted by atomic mass is 35.5. The number of carbonyl (C=O) groups excluding carboxylic acids is 2. The number of ether oxygens (including phenoxy) is 1. The maximum atomic E-state index is 13.3. The van der Waals surface area contributed by atoms with E-state index < -0.39 is 31.3 Å². The average molecular weight is 644 g/mol. The maximum Gasteiger partial charge on any atom is 0.272 e. The van der Waals surface area contributed by atoms with Crippen molar-refractivity contribution in [1.82, 2.24) is 20.2 Å². The molecule has 1 fully saturated rings. The van der Waals surface area contributed by atoms with E-state index in [1.165, 1.54) is 12.1 Å². The summed E-state index contributed by atoms with van der Waals surface area (Å²) in [7, 11) is 1.66. The number of hydrogen-bond acceptors (Lipinski definition) is 5. The Morgan fingerprint density at radius 3 is 2.47 bits per heavy atom. The summed E-state index contributed by atoms with van der Waals surface area (Å²) in [6, 6.07) is 5.80. The number of nitrogens with one attached hydrogen (secondary N) is 3. The molecule has 1 saturated carbocycles. The summed E-state index contributed by atoms with van der Waals surface area (Å²) in [5, 5.41) is 9.13. The number of rotatable bonds is 11. The number of alkyl halides is 4. The summed E-state index contributed by atoms with van der Waals surface area (Å²) < 4.78 is 59.1. The Hall–Kier alpha value is -3.51. The summed E-state index contributed by atoms with van der Waals surface area (Å²) in [6.07, 6.45) is -3.88. The van der Waals surface area contributed by atoms with Crippen LogP contribution < -0.4 is 20.7 Å². The van der Waals surface area contributed by atoms with Crippen molar-refractivity contribution in [2.45, 2.75) is 58.0 Å². The Labute approximate surface area is 255 Å². The molecule has 0 spiro atoms. The zero-order valence-corrected chi connectivity index (χ0v) is 25.0. The second kappa shape index (κ2) is 13.9. The van der Waals surface area contributed by atoms with Gasteiger partial charge in [-0.1, -0.05) is 35.8 Å². The van der Waals surface area contributed by atoms with E-state index >= 15 is 0 Å². The van der Waals surface area contributed by atoms with E-state index in [-0.39, 0.29) is 58.6 Å². The summed E-state index contributed by atoms with van der Waals surface area (Å²) in [5.74, 6) is -1.42. The highest BCUT2D eigenvalue weighted by Gasteiger charge is 2.29. The number of amides is 2. The molecule has 14 heteroatoms.